The Morgan fingerprint density at radius 2 is 1.92 bits per heavy atom. The van der Waals surface area contributed by atoms with Crippen LogP contribution in [-0.4, -0.2) is 28.0 Å². The number of ether oxygens (including phenoxy) is 1. The first-order valence-corrected chi connectivity index (χ1v) is 9.71. The number of esters is 1. The highest BCUT2D eigenvalue weighted by molar-refractivity contribution is 7.93. The molecule has 0 unspecified atom stereocenters. The van der Waals surface area contributed by atoms with E-state index in [1.807, 2.05) is 24.3 Å². The fraction of sp³-hybridized carbons (Fsp3) is 0.278. The number of hydrogen-bond acceptors (Lipinski definition) is 4. The number of nitrogens with zero attached hydrogens (tertiary/aromatic N) is 1. The number of anilines is 1. The van der Waals surface area contributed by atoms with Crippen molar-refractivity contribution >= 4 is 33.3 Å². The maximum atomic E-state index is 13.2. The lowest BCUT2D eigenvalue weighted by Crippen LogP contribution is -2.31. The van der Waals surface area contributed by atoms with Crippen LogP contribution in [0.1, 0.15) is 28.8 Å². The van der Waals surface area contributed by atoms with Crippen molar-refractivity contribution in [2.75, 3.05) is 18.0 Å². The summed E-state index contributed by atoms with van der Waals surface area (Å²) in [4.78, 5) is 11.6. The smallest absolute Gasteiger partial charge is 0.337 e. The van der Waals surface area contributed by atoms with Crippen molar-refractivity contribution in [3.63, 3.8) is 0 Å². The van der Waals surface area contributed by atoms with E-state index in [-0.39, 0.29) is 20.9 Å². The molecule has 0 bridgehead atoms. The average molecular weight is 378 g/mol. The molecule has 2 aromatic rings. The third-order valence-corrected chi connectivity index (χ3v) is 7.21. The highest BCUT2D eigenvalue weighted by Gasteiger charge is 2.54. The van der Waals surface area contributed by atoms with Crippen molar-refractivity contribution in [3.8, 4) is 0 Å². The lowest BCUT2D eigenvalue weighted by molar-refractivity contribution is 0.0600. The first kappa shape index (κ1) is 16.4. The van der Waals surface area contributed by atoms with Gasteiger partial charge in [-0.15, -0.1) is 0 Å². The van der Waals surface area contributed by atoms with Crippen molar-refractivity contribution < 1.29 is 17.9 Å². The fourth-order valence-electron chi connectivity index (χ4n) is 3.45. The molecule has 0 aromatic heterocycles. The van der Waals surface area contributed by atoms with Gasteiger partial charge in [0.15, 0.2) is 0 Å². The Morgan fingerprint density at radius 1 is 1.20 bits per heavy atom. The van der Waals surface area contributed by atoms with E-state index in [4.69, 9.17) is 11.6 Å². The zero-order valence-corrected chi connectivity index (χ0v) is 15.1. The summed E-state index contributed by atoms with van der Waals surface area (Å²) < 4.78 is 32.5. The molecule has 0 N–H and O–H groups in total. The van der Waals surface area contributed by atoms with Crippen LogP contribution in [0.25, 0.3) is 0 Å². The topological polar surface area (TPSA) is 63.7 Å². The summed E-state index contributed by atoms with van der Waals surface area (Å²) in [6.45, 7) is 0.434. The van der Waals surface area contributed by atoms with E-state index < -0.39 is 16.0 Å². The Bertz CT molecular complexity index is 982. The maximum Gasteiger partial charge on any atom is 0.337 e. The van der Waals surface area contributed by atoms with Gasteiger partial charge in [0.25, 0.3) is 10.0 Å². The van der Waals surface area contributed by atoms with Gasteiger partial charge in [-0.25, -0.2) is 13.2 Å². The van der Waals surface area contributed by atoms with Crippen molar-refractivity contribution in [1.82, 2.24) is 0 Å². The molecule has 1 aliphatic carbocycles. The number of carbonyl (C=O) groups is 1. The first-order chi connectivity index (χ1) is 11.9. The van der Waals surface area contributed by atoms with E-state index in [2.05, 4.69) is 4.74 Å². The van der Waals surface area contributed by atoms with Crippen LogP contribution in [0.3, 0.4) is 0 Å². The van der Waals surface area contributed by atoms with Crippen LogP contribution in [0, 0.1) is 0 Å². The Balaban J connectivity index is 1.78. The standard InChI is InChI=1S/C18H16ClNO4S/c1-24-17(21)12-6-7-16(14(19)10-12)25(22,23)20-11-18(8-9-18)13-4-2-3-5-15(13)20/h2-7,10H,8-9,11H2,1H3. The van der Waals surface area contributed by atoms with Gasteiger partial charge in [0.05, 0.1) is 23.4 Å². The van der Waals surface area contributed by atoms with Crippen molar-refractivity contribution in [2.24, 2.45) is 0 Å². The fourth-order valence-corrected chi connectivity index (χ4v) is 5.54. The zero-order valence-electron chi connectivity index (χ0n) is 13.5. The number of carbonyl (C=O) groups excluding carboxylic acids is 1. The number of para-hydroxylation sites is 1. The quantitative estimate of drug-likeness (QED) is 0.769. The van der Waals surface area contributed by atoms with E-state index >= 15 is 0 Å². The molecule has 130 valence electrons. The molecule has 0 atom stereocenters. The summed E-state index contributed by atoms with van der Waals surface area (Å²) in [5, 5.41) is 0.0112. The van der Waals surface area contributed by atoms with E-state index in [0.717, 1.165) is 18.4 Å². The minimum atomic E-state index is -3.81. The van der Waals surface area contributed by atoms with Crippen LogP contribution in [0.5, 0.6) is 0 Å². The number of fused-ring (bicyclic) bond motifs is 2. The van der Waals surface area contributed by atoms with Gasteiger partial charge in [-0.1, -0.05) is 29.8 Å². The third kappa shape index (κ3) is 2.43. The van der Waals surface area contributed by atoms with Gasteiger partial charge in [-0.3, -0.25) is 4.31 Å². The van der Waals surface area contributed by atoms with E-state index in [1.54, 1.807) is 0 Å². The second-order valence-corrected chi connectivity index (χ2v) is 8.68. The first-order valence-electron chi connectivity index (χ1n) is 7.89. The van der Waals surface area contributed by atoms with E-state index in [0.29, 0.717) is 12.2 Å². The number of methoxy groups -OCH3 is 1. The molecule has 4 rings (SSSR count). The molecule has 1 fully saturated rings. The van der Waals surface area contributed by atoms with Crippen molar-refractivity contribution in [3.05, 3.63) is 58.6 Å². The van der Waals surface area contributed by atoms with Crippen molar-refractivity contribution in [1.29, 1.82) is 0 Å². The average Bonchev–Trinajstić information content (AvgIpc) is 3.31. The minimum Gasteiger partial charge on any atom is -0.465 e. The number of sulfonamides is 1. The molecule has 7 heteroatoms. The largest absolute Gasteiger partial charge is 0.465 e. The lowest BCUT2D eigenvalue weighted by atomic mass is 9.99. The monoisotopic (exact) mass is 377 g/mol. The van der Waals surface area contributed by atoms with Gasteiger partial charge < -0.3 is 4.74 Å². The SMILES string of the molecule is COC(=O)c1ccc(S(=O)(=O)N2CC3(CC3)c3ccccc32)c(Cl)c1. The molecule has 1 saturated carbocycles. The van der Waals surface area contributed by atoms with Crippen LogP contribution < -0.4 is 4.31 Å². The Labute approximate surface area is 151 Å². The van der Waals surface area contributed by atoms with E-state index in [9.17, 15) is 13.2 Å². The van der Waals surface area contributed by atoms with Crippen LogP contribution >= 0.6 is 11.6 Å². The second kappa shape index (κ2) is 5.47. The number of benzene rings is 2. The van der Waals surface area contributed by atoms with Gasteiger partial charge in [0.2, 0.25) is 0 Å². The predicted octanol–water partition coefficient (Wildman–Crippen LogP) is 3.37. The Kier molecular flexibility index (Phi) is 3.60. The molecule has 1 spiro atoms. The molecular formula is C18H16ClNO4S. The van der Waals surface area contributed by atoms with Gasteiger partial charge in [-0.05, 0) is 42.7 Å². The number of rotatable bonds is 3. The van der Waals surface area contributed by atoms with Gasteiger partial charge in [0.1, 0.15) is 4.90 Å². The summed E-state index contributed by atoms with van der Waals surface area (Å²) in [5.41, 5.74) is 1.96. The highest BCUT2D eigenvalue weighted by atomic mass is 35.5. The van der Waals surface area contributed by atoms with Crippen LogP contribution in [0.4, 0.5) is 5.69 Å². The number of halogens is 1. The third-order valence-electron chi connectivity index (χ3n) is 4.96. The molecule has 0 saturated heterocycles. The summed E-state index contributed by atoms with van der Waals surface area (Å²) >= 11 is 6.19. The Morgan fingerprint density at radius 3 is 2.56 bits per heavy atom. The number of hydrogen-bond donors (Lipinski definition) is 0. The maximum absolute atomic E-state index is 13.2. The molecule has 0 amide bonds. The minimum absolute atomic E-state index is 0.00526. The lowest BCUT2D eigenvalue weighted by Gasteiger charge is -2.21. The second-order valence-electron chi connectivity index (χ2n) is 6.45. The summed E-state index contributed by atoms with van der Waals surface area (Å²) in [6.07, 6.45) is 1.98. The van der Waals surface area contributed by atoms with Gasteiger partial charge >= 0.3 is 5.97 Å². The summed E-state index contributed by atoms with van der Waals surface area (Å²) in [7, 11) is -2.55. The molecule has 2 aliphatic rings. The zero-order chi connectivity index (χ0) is 17.8. The van der Waals surface area contributed by atoms with Crippen molar-refractivity contribution in [2.45, 2.75) is 23.2 Å². The van der Waals surface area contributed by atoms with Gasteiger partial charge in [0, 0.05) is 12.0 Å². The normalized spacial score (nSPS) is 17.4. The molecule has 2 aromatic carbocycles. The molecule has 1 aliphatic heterocycles. The molecule has 0 radical (unpaired) electrons. The Hall–Kier alpha value is -2.05. The van der Waals surface area contributed by atoms with Crippen LogP contribution in [0.2, 0.25) is 5.02 Å². The summed E-state index contributed by atoms with van der Waals surface area (Å²) in [6, 6.07) is 11.7. The summed E-state index contributed by atoms with van der Waals surface area (Å²) in [5.74, 6) is -0.561. The van der Waals surface area contributed by atoms with Gasteiger partial charge in [-0.2, -0.15) is 0 Å². The van der Waals surface area contributed by atoms with Crippen LogP contribution in [0.15, 0.2) is 47.4 Å². The molecule has 5 nitrogen and oxygen atoms in total. The molecule has 1 heterocycles. The van der Waals surface area contributed by atoms with E-state index in [1.165, 1.54) is 29.6 Å². The molecular weight excluding hydrogens is 362 g/mol. The predicted molar refractivity (Wildman–Crippen MR) is 94.7 cm³/mol. The molecule has 25 heavy (non-hydrogen) atoms. The highest BCUT2D eigenvalue weighted by Crippen LogP contribution is 2.57. The van der Waals surface area contributed by atoms with Crippen LogP contribution in [-0.2, 0) is 20.2 Å².